The average molecular weight is 240 g/mol. The summed E-state index contributed by atoms with van der Waals surface area (Å²) in [6.07, 6.45) is 0.847. The minimum absolute atomic E-state index is 0.118. The normalized spacial score (nSPS) is 11.0. The fourth-order valence-corrected chi connectivity index (χ4v) is 1.24. The molecule has 0 unspecified atom stereocenters. The van der Waals surface area contributed by atoms with Gasteiger partial charge in [0.15, 0.2) is 0 Å². The molecule has 0 aromatic heterocycles. The number of carboxylic acids is 1. The highest BCUT2D eigenvalue weighted by atomic mass is 35.5. The van der Waals surface area contributed by atoms with Gasteiger partial charge < -0.3 is 10.4 Å². The lowest BCUT2D eigenvalue weighted by Gasteiger charge is -2.04. The molecule has 84 valence electrons. The van der Waals surface area contributed by atoms with Crippen LogP contribution in [0.5, 0.6) is 0 Å². The van der Waals surface area contributed by atoms with Crippen LogP contribution in [0, 0.1) is 0 Å². The molecule has 0 heterocycles. The second-order valence-corrected chi connectivity index (χ2v) is 3.57. The van der Waals surface area contributed by atoms with E-state index in [1.165, 1.54) is 6.92 Å². The van der Waals surface area contributed by atoms with Crippen LogP contribution in [0.1, 0.15) is 6.92 Å². The molecule has 0 bridgehead atoms. The fraction of sp³-hybridized carbons (Fsp3) is 0.0909. The maximum atomic E-state index is 11.5. The number of rotatable bonds is 3. The summed E-state index contributed by atoms with van der Waals surface area (Å²) in [5.41, 5.74) is 0.642. The third-order valence-electron chi connectivity index (χ3n) is 1.78. The number of benzene rings is 1. The number of aliphatic carboxylic acids is 1. The third-order valence-corrected chi connectivity index (χ3v) is 2.02. The molecule has 0 atom stereocenters. The zero-order valence-electron chi connectivity index (χ0n) is 8.53. The first-order valence-corrected chi connectivity index (χ1v) is 4.85. The summed E-state index contributed by atoms with van der Waals surface area (Å²) in [4.78, 5) is 21.8. The molecule has 0 saturated carbocycles. The SMILES string of the molecule is C/C(=C\C(=O)O)C(=O)Nc1cccc(Cl)c1. The first kappa shape index (κ1) is 12.3. The number of carbonyl (C=O) groups excluding carboxylic acids is 1. The Bertz CT molecular complexity index is 454. The Balaban J connectivity index is 2.75. The van der Waals surface area contributed by atoms with Crippen LogP contribution in [0.3, 0.4) is 0 Å². The summed E-state index contributed by atoms with van der Waals surface area (Å²) in [6, 6.07) is 6.61. The number of amides is 1. The van der Waals surface area contributed by atoms with E-state index in [0.717, 1.165) is 6.08 Å². The summed E-state index contributed by atoms with van der Waals surface area (Å²) in [6.45, 7) is 1.42. The van der Waals surface area contributed by atoms with Gasteiger partial charge in [0.25, 0.3) is 5.91 Å². The highest BCUT2D eigenvalue weighted by Gasteiger charge is 2.06. The Kier molecular flexibility index (Phi) is 4.08. The third kappa shape index (κ3) is 3.74. The molecule has 0 radical (unpaired) electrons. The molecule has 0 fully saturated rings. The highest BCUT2D eigenvalue weighted by molar-refractivity contribution is 6.30. The molecule has 1 rings (SSSR count). The highest BCUT2D eigenvalue weighted by Crippen LogP contribution is 2.15. The lowest BCUT2D eigenvalue weighted by atomic mass is 10.2. The first-order chi connectivity index (χ1) is 7.49. The van der Waals surface area contributed by atoms with Crippen molar-refractivity contribution < 1.29 is 14.7 Å². The van der Waals surface area contributed by atoms with Gasteiger partial charge in [-0.15, -0.1) is 0 Å². The molecule has 1 aromatic rings. The summed E-state index contributed by atoms with van der Waals surface area (Å²) >= 11 is 5.73. The van der Waals surface area contributed by atoms with Crippen molar-refractivity contribution in [2.45, 2.75) is 6.92 Å². The average Bonchev–Trinajstić information content (AvgIpc) is 2.16. The van der Waals surface area contributed by atoms with Crippen LogP contribution in [0.25, 0.3) is 0 Å². The maximum Gasteiger partial charge on any atom is 0.328 e. The second-order valence-electron chi connectivity index (χ2n) is 3.13. The standard InChI is InChI=1S/C11H10ClNO3/c1-7(5-10(14)15)11(16)13-9-4-2-3-8(12)6-9/h2-6H,1H3,(H,13,16)(H,14,15)/b7-5+. The molecule has 1 amide bonds. The van der Waals surface area contributed by atoms with Crippen LogP contribution >= 0.6 is 11.6 Å². The number of nitrogens with one attached hydrogen (secondary N) is 1. The number of carbonyl (C=O) groups is 2. The van der Waals surface area contributed by atoms with Crippen molar-refractivity contribution in [1.29, 1.82) is 0 Å². The molecule has 0 spiro atoms. The van der Waals surface area contributed by atoms with E-state index in [4.69, 9.17) is 16.7 Å². The van der Waals surface area contributed by atoms with Crippen LogP contribution in [0.15, 0.2) is 35.9 Å². The smallest absolute Gasteiger partial charge is 0.328 e. The van der Waals surface area contributed by atoms with Gasteiger partial charge in [-0.1, -0.05) is 17.7 Å². The number of hydrogen-bond donors (Lipinski definition) is 2. The number of hydrogen-bond acceptors (Lipinski definition) is 2. The van der Waals surface area contributed by atoms with Gasteiger partial charge in [0, 0.05) is 22.4 Å². The fourth-order valence-electron chi connectivity index (χ4n) is 1.05. The molecule has 1 aromatic carbocycles. The zero-order valence-corrected chi connectivity index (χ0v) is 9.28. The molecular formula is C11H10ClNO3. The van der Waals surface area contributed by atoms with Crippen molar-refractivity contribution in [3.05, 3.63) is 40.9 Å². The molecule has 2 N–H and O–H groups in total. The minimum Gasteiger partial charge on any atom is -0.478 e. The minimum atomic E-state index is -1.15. The number of halogens is 1. The predicted octanol–water partition coefficient (Wildman–Crippen LogP) is 2.31. The van der Waals surface area contributed by atoms with Gasteiger partial charge in [-0.25, -0.2) is 4.79 Å². The van der Waals surface area contributed by atoms with Gasteiger partial charge >= 0.3 is 5.97 Å². The lowest BCUT2D eigenvalue weighted by Crippen LogP contribution is -2.13. The predicted molar refractivity (Wildman–Crippen MR) is 61.5 cm³/mol. The van der Waals surface area contributed by atoms with Crippen molar-refractivity contribution in [3.63, 3.8) is 0 Å². The Morgan fingerprint density at radius 2 is 2.12 bits per heavy atom. The van der Waals surface area contributed by atoms with Crippen LogP contribution in [0.2, 0.25) is 5.02 Å². The van der Waals surface area contributed by atoms with Crippen molar-refractivity contribution >= 4 is 29.2 Å². The summed E-state index contributed by atoms with van der Waals surface area (Å²) in [5.74, 6) is -1.62. The Labute approximate surface area is 97.5 Å². The van der Waals surface area contributed by atoms with Gasteiger partial charge in [-0.2, -0.15) is 0 Å². The Morgan fingerprint density at radius 3 is 2.69 bits per heavy atom. The zero-order chi connectivity index (χ0) is 12.1. The van der Waals surface area contributed by atoms with E-state index >= 15 is 0 Å². The second kappa shape index (κ2) is 5.32. The van der Waals surface area contributed by atoms with E-state index in [0.29, 0.717) is 10.7 Å². The Hall–Kier alpha value is -1.81. The van der Waals surface area contributed by atoms with Crippen molar-refractivity contribution in [2.75, 3.05) is 5.32 Å². The Morgan fingerprint density at radius 1 is 1.44 bits per heavy atom. The first-order valence-electron chi connectivity index (χ1n) is 4.47. The van der Waals surface area contributed by atoms with Gasteiger partial charge in [0.05, 0.1) is 0 Å². The van der Waals surface area contributed by atoms with Crippen molar-refractivity contribution in [3.8, 4) is 0 Å². The van der Waals surface area contributed by atoms with Crippen LogP contribution < -0.4 is 5.32 Å². The van der Waals surface area contributed by atoms with Crippen molar-refractivity contribution in [1.82, 2.24) is 0 Å². The summed E-state index contributed by atoms with van der Waals surface area (Å²) < 4.78 is 0. The largest absolute Gasteiger partial charge is 0.478 e. The number of carboxylic acid groups (broad SMARTS) is 1. The van der Waals surface area contributed by atoms with Crippen molar-refractivity contribution in [2.24, 2.45) is 0 Å². The molecule has 0 aliphatic carbocycles. The molecule has 0 aliphatic rings. The van der Waals surface area contributed by atoms with E-state index in [2.05, 4.69) is 5.32 Å². The molecule has 16 heavy (non-hydrogen) atoms. The maximum absolute atomic E-state index is 11.5. The van der Waals surface area contributed by atoms with Crippen LogP contribution in [-0.4, -0.2) is 17.0 Å². The summed E-state index contributed by atoms with van der Waals surface area (Å²) in [5, 5.41) is 11.5. The van der Waals surface area contributed by atoms with Gasteiger partial charge in [-0.3, -0.25) is 4.79 Å². The van der Waals surface area contributed by atoms with Crippen LogP contribution in [-0.2, 0) is 9.59 Å². The van der Waals surface area contributed by atoms with E-state index in [1.807, 2.05) is 0 Å². The number of anilines is 1. The van der Waals surface area contributed by atoms with E-state index in [-0.39, 0.29) is 5.57 Å². The van der Waals surface area contributed by atoms with E-state index in [9.17, 15) is 9.59 Å². The summed E-state index contributed by atoms with van der Waals surface area (Å²) in [7, 11) is 0. The lowest BCUT2D eigenvalue weighted by molar-refractivity contribution is -0.131. The quantitative estimate of drug-likeness (QED) is 0.796. The van der Waals surface area contributed by atoms with E-state index < -0.39 is 11.9 Å². The van der Waals surface area contributed by atoms with E-state index in [1.54, 1.807) is 24.3 Å². The van der Waals surface area contributed by atoms with Gasteiger partial charge in [0.2, 0.25) is 0 Å². The molecule has 0 aliphatic heterocycles. The van der Waals surface area contributed by atoms with Gasteiger partial charge in [0.1, 0.15) is 0 Å². The topological polar surface area (TPSA) is 66.4 Å². The molecule has 0 saturated heterocycles. The molecular weight excluding hydrogens is 230 g/mol. The van der Waals surface area contributed by atoms with Crippen LogP contribution in [0.4, 0.5) is 5.69 Å². The van der Waals surface area contributed by atoms with Gasteiger partial charge in [-0.05, 0) is 25.1 Å². The monoisotopic (exact) mass is 239 g/mol. The molecule has 5 heteroatoms. The molecule has 4 nitrogen and oxygen atoms in total.